The average molecular weight is 289 g/mol. The Kier molecular flexibility index (Phi) is 3.59. The van der Waals surface area contributed by atoms with E-state index < -0.39 is 11.6 Å². The molecular weight excluding hydrogens is 270 g/mol. The molecule has 21 heavy (non-hydrogen) atoms. The largest absolute Gasteiger partial charge is 0.494 e. The lowest BCUT2D eigenvalue weighted by atomic mass is 9.97. The quantitative estimate of drug-likeness (QED) is 0.919. The molecule has 1 N–H and O–H groups in total. The van der Waals surface area contributed by atoms with Gasteiger partial charge >= 0.3 is 5.97 Å². The van der Waals surface area contributed by atoms with Gasteiger partial charge in [-0.15, -0.1) is 0 Å². The van der Waals surface area contributed by atoms with Crippen LogP contribution in [0.4, 0.5) is 0 Å². The van der Waals surface area contributed by atoms with Crippen molar-refractivity contribution >= 4 is 12.0 Å². The van der Waals surface area contributed by atoms with Crippen LogP contribution >= 0.6 is 0 Å². The molecule has 1 aromatic carbocycles. The first-order valence-electron chi connectivity index (χ1n) is 7.19. The highest BCUT2D eigenvalue weighted by atomic mass is 16.5. The zero-order valence-electron chi connectivity index (χ0n) is 12.0. The van der Waals surface area contributed by atoms with Crippen LogP contribution in [0.2, 0.25) is 0 Å². The van der Waals surface area contributed by atoms with E-state index >= 15 is 0 Å². The number of carbonyl (C=O) groups is 1. The van der Waals surface area contributed by atoms with Crippen LogP contribution in [-0.2, 0) is 4.79 Å². The molecule has 0 saturated carbocycles. The lowest BCUT2D eigenvalue weighted by molar-refractivity contribution is -0.138. The van der Waals surface area contributed by atoms with Gasteiger partial charge in [-0.05, 0) is 25.1 Å². The highest BCUT2D eigenvalue weighted by molar-refractivity contribution is 5.69. The maximum Gasteiger partial charge on any atom is 0.317 e. The van der Waals surface area contributed by atoms with E-state index in [-0.39, 0.29) is 6.54 Å². The number of ether oxygens (including phenoxy) is 2. The van der Waals surface area contributed by atoms with Gasteiger partial charge in [0.2, 0.25) is 0 Å². The molecule has 1 spiro atoms. The van der Waals surface area contributed by atoms with E-state index in [0.29, 0.717) is 13.2 Å². The van der Waals surface area contributed by atoms with Crippen molar-refractivity contribution in [2.24, 2.45) is 0 Å². The Labute approximate surface area is 123 Å². The van der Waals surface area contributed by atoms with Gasteiger partial charge in [-0.2, -0.15) is 0 Å². The molecule has 5 nitrogen and oxygen atoms in total. The molecule has 0 amide bonds. The number of aliphatic carboxylic acids is 1. The molecule has 2 heterocycles. The lowest BCUT2D eigenvalue weighted by Gasteiger charge is -2.31. The number of carboxylic acids is 1. The van der Waals surface area contributed by atoms with Gasteiger partial charge in [0, 0.05) is 31.1 Å². The third-order valence-electron chi connectivity index (χ3n) is 3.88. The average Bonchev–Trinajstić information content (AvgIpc) is 2.80. The van der Waals surface area contributed by atoms with Crippen molar-refractivity contribution in [2.45, 2.75) is 18.9 Å². The van der Waals surface area contributed by atoms with Crippen molar-refractivity contribution in [3.63, 3.8) is 0 Å². The molecule has 0 aliphatic carbocycles. The standard InChI is InChI=1S/C16H19NO4/c1-2-20-13-4-3-12-5-6-16(21-14(12)9-13)7-8-17(11-16)10-15(18)19/h3-6,9H,2,7-8,10-11H2,1H3,(H,18,19). The molecule has 1 aromatic rings. The van der Waals surface area contributed by atoms with Crippen molar-refractivity contribution in [1.82, 2.24) is 4.90 Å². The van der Waals surface area contributed by atoms with E-state index in [2.05, 4.69) is 12.2 Å². The number of fused-ring (bicyclic) bond motifs is 1. The van der Waals surface area contributed by atoms with Crippen LogP contribution in [0.5, 0.6) is 11.5 Å². The highest BCUT2D eigenvalue weighted by Gasteiger charge is 2.40. The van der Waals surface area contributed by atoms with Crippen molar-refractivity contribution in [2.75, 3.05) is 26.2 Å². The topological polar surface area (TPSA) is 59.0 Å². The summed E-state index contributed by atoms with van der Waals surface area (Å²) >= 11 is 0. The molecular formula is C16H19NO4. The Morgan fingerprint density at radius 2 is 2.38 bits per heavy atom. The summed E-state index contributed by atoms with van der Waals surface area (Å²) in [6.07, 6.45) is 4.91. The lowest BCUT2D eigenvalue weighted by Crippen LogP contribution is -2.39. The molecule has 1 atom stereocenters. The summed E-state index contributed by atoms with van der Waals surface area (Å²) in [5.41, 5.74) is 0.619. The molecule has 1 saturated heterocycles. The fraction of sp³-hybridized carbons (Fsp3) is 0.438. The molecule has 1 unspecified atom stereocenters. The van der Waals surface area contributed by atoms with Crippen molar-refractivity contribution in [3.8, 4) is 11.5 Å². The molecule has 0 radical (unpaired) electrons. The van der Waals surface area contributed by atoms with Gasteiger partial charge in [0.1, 0.15) is 17.1 Å². The van der Waals surface area contributed by atoms with Crippen molar-refractivity contribution in [1.29, 1.82) is 0 Å². The Balaban J connectivity index is 1.78. The minimum atomic E-state index is -0.800. The first-order chi connectivity index (χ1) is 10.1. The summed E-state index contributed by atoms with van der Waals surface area (Å²) in [7, 11) is 0. The molecule has 112 valence electrons. The van der Waals surface area contributed by atoms with E-state index in [9.17, 15) is 4.79 Å². The number of nitrogens with zero attached hydrogens (tertiary/aromatic N) is 1. The monoisotopic (exact) mass is 289 g/mol. The molecule has 0 aromatic heterocycles. The minimum Gasteiger partial charge on any atom is -0.494 e. The Morgan fingerprint density at radius 1 is 1.52 bits per heavy atom. The summed E-state index contributed by atoms with van der Waals surface area (Å²) in [6.45, 7) is 3.96. The van der Waals surface area contributed by atoms with Crippen LogP contribution in [0, 0.1) is 0 Å². The summed E-state index contributed by atoms with van der Waals surface area (Å²) in [6, 6.07) is 5.82. The number of carboxylic acid groups (broad SMARTS) is 1. The van der Waals surface area contributed by atoms with Gasteiger partial charge in [-0.3, -0.25) is 9.69 Å². The second-order valence-electron chi connectivity index (χ2n) is 5.49. The second kappa shape index (κ2) is 5.41. The second-order valence-corrected chi connectivity index (χ2v) is 5.49. The van der Waals surface area contributed by atoms with Gasteiger partial charge in [0.25, 0.3) is 0 Å². The predicted octanol–water partition coefficient (Wildman–Crippen LogP) is 2.02. The van der Waals surface area contributed by atoms with Crippen molar-refractivity contribution < 1.29 is 19.4 Å². The number of likely N-dealkylation sites (tertiary alicyclic amines) is 1. The van der Waals surface area contributed by atoms with Crippen LogP contribution in [0.25, 0.3) is 6.08 Å². The van der Waals surface area contributed by atoms with Crippen LogP contribution in [0.15, 0.2) is 24.3 Å². The van der Waals surface area contributed by atoms with Gasteiger partial charge in [0.15, 0.2) is 0 Å². The number of hydrogen-bond acceptors (Lipinski definition) is 4. The Hall–Kier alpha value is -2.01. The summed E-state index contributed by atoms with van der Waals surface area (Å²) in [4.78, 5) is 12.7. The summed E-state index contributed by atoms with van der Waals surface area (Å²) in [5, 5.41) is 8.90. The molecule has 2 aliphatic heterocycles. The first-order valence-corrected chi connectivity index (χ1v) is 7.19. The number of rotatable bonds is 4. The predicted molar refractivity (Wildman–Crippen MR) is 78.7 cm³/mol. The van der Waals surface area contributed by atoms with Gasteiger partial charge in [-0.25, -0.2) is 0 Å². The minimum absolute atomic E-state index is 0.0603. The maximum absolute atomic E-state index is 10.8. The first kappa shape index (κ1) is 13.9. The van der Waals surface area contributed by atoms with Crippen molar-refractivity contribution in [3.05, 3.63) is 29.8 Å². The van der Waals surface area contributed by atoms with Crippen LogP contribution in [0.1, 0.15) is 18.9 Å². The molecule has 0 bridgehead atoms. The van der Waals surface area contributed by atoms with Crippen LogP contribution in [-0.4, -0.2) is 47.8 Å². The maximum atomic E-state index is 10.8. The molecule has 1 fully saturated rings. The fourth-order valence-corrected chi connectivity index (χ4v) is 2.92. The fourth-order valence-electron chi connectivity index (χ4n) is 2.92. The molecule has 2 aliphatic rings. The molecule has 5 heteroatoms. The summed E-state index contributed by atoms with van der Waals surface area (Å²) in [5.74, 6) is 0.800. The zero-order valence-corrected chi connectivity index (χ0v) is 12.0. The Bertz CT molecular complexity index is 584. The van der Waals surface area contributed by atoms with E-state index in [1.807, 2.05) is 30.0 Å². The Morgan fingerprint density at radius 3 is 3.14 bits per heavy atom. The van der Waals surface area contributed by atoms with Crippen LogP contribution < -0.4 is 9.47 Å². The smallest absolute Gasteiger partial charge is 0.317 e. The van der Waals surface area contributed by atoms with Crippen LogP contribution in [0.3, 0.4) is 0 Å². The van der Waals surface area contributed by atoms with E-state index in [1.54, 1.807) is 0 Å². The number of hydrogen-bond donors (Lipinski definition) is 1. The third kappa shape index (κ3) is 2.88. The van der Waals surface area contributed by atoms with Gasteiger partial charge in [-0.1, -0.05) is 6.08 Å². The highest BCUT2D eigenvalue weighted by Crippen LogP contribution is 2.38. The summed E-state index contributed by atoms with van der Waals surface area (Å²) < 4.78 is 11.7. The third-order valence-corrected chi connectivity index (χ3v) is 3.88. The molecule has 3 rings (SSSR count). The number of benzene rings is 1. The van der Waals surface area contributed by atoms with E-state index in [4.69, 9.17) is 14.6 Å². The van der Waals surface area contributed by atoms with Gasteiger partial charge in [0.05, 0.1) is 13.2 Å². The normalized spacial score (nSPS) is 23.9. The van der Waals surface area contributed by atoms with E-state index in [1.165, 1.54) is 0 Å². The zero-order chi connectivity index (χ0) is 14.9. The van der Waals surface area contributed by atoms with Gasteiger partial charge < -0.3 is 14.6 Å². The SMILES string of the molecule is CCOc1ccc2c(c1)OC1(C=C2)CCN(CC(=O)O)C1. The van der Waals surface area contributed by atoms with E-state index in [0.717, 1.165) is 30.0 Å².